The van der Waals surface area contributed by atoms with E-state index in [0.29, 0.717) is 5.19 Å². The van der Waals surface area contributed by atoms with Crippen LogP contribution in [0, 0.1) is 10.1 Å². The van der Waals surface area contributed by atoms with Gasteiger partial charge in [-0.3, -0.25) is 10.1 Å². The third-order valence-electron chi connectivity index (χ3n) is 1.93. The summed E-state index contributed by atoms with van der Waals surface area (Å²) in [5, 5.41) is 13.9. The molecule has 76 valence electrons. The number of aromatic nitrogens is 1. The van der Waals surface area contributed by atoms with Crippen LogP contribution >= 0.6 is 11.3 Å². The van der Waals surface area contributed by atoms with Crippen molar-refractivity contribution < 1.29 is 9.66 Å². The van der Waals surface area contributed by atoms with Crippen LogP contribution in [0.1, 0.15) is 6.42 Å². The van der Waals surface area contributed by atoms with Crippen molar-refractivity contribution in [2.45, 2.75) is 12.5 Å². The van der Waals surface area contributed by atoms with Crippen molar-refractivity contribution in [3.8, 4) is 5.19 Å². The molecule has 1 aromatic heterocycles. The molecule has 1 aliphatic heterocycles. The van der Waals surface area contributed by atoms with E-state index in [2.05, 4.69) is 10.3 Å². The van der Waals surface area contributed by atoms with Gasteiger partial charge in [-0.25, -0.2) is 4.98 Å². The first kappa shape index (κ1) is 9.35. The maximum Gasteiger partial charge on any atom is 0.347 e. The predicted molar refractivity (Wildman–Crippen MR) is 50.7 cm³/mol. The quantitative estimate of drug-likeness (QED) is 0.596. The second-order valence-electron chi connectivity index (χ2n) is 2.95. The van der Waals surface area contributed by atoms with Crippen LogP contribution in [0.25, 0.3) is 0 Å². The van der Waals surface area contributed by atoms with Gasteiger partial charge in [0.1, 0.15) is 12.3 Å². The Bertz CT molecular complexity index is 335. The molecule has 0 spiro atoms. The molecule has 2 rings (SSSR count). The standard InChI is InChI=1S/C7H9N3O3S/c11-10(12)6-4-9-7(14-6)13-5-1-2-8-3-5/h4-5,8H,1-3H2. The zero-order valence-electron chi connectivity index (χ0n) is 7.30. The van der Waals surface area contributed by atoms with Gasteiger partial charge in [-0.2, -0.15) is 0 Å². The Hall–Kier alpha value is -1.21. The fourth-order valence-electron chi connectivity index (χ4n) is 1.26. The minimum atomic E-state index is -0.461. The zero-order chi connectivity index (χ0) is 9.97. The Kier molecular flexibility index (Phi) is 2.60. The van der Waals surface area contributed by atoms with E-state index >= 15 is 0 Å². The van der Waals surface area contributed by atoms with Crippen molar-refractivity contribution in [1.29, 1.82) is 0 Å². The van der Waals surface area contributed by atoms with E-state index in [4.69, 9.17) is 4.74 Å². The Labute approximate surface area is 84.1 Å². The normalized spacial score (nSPS) is 21.0. The Morgan fingerprint density at radius 2 is 2.64 bits per heavy atom. The molecule has 2 heterocycles. The van der Waals surface area contributed by atoms with Crippen LogP contribution in [0.3, 0.4) is 0 Å². The van der Waals surface area contributed by atoms with E-state index < -0.39 is 4.92 Å². The molecule has 0 radical (unpaired) electrons. The van der Waals surface area contributed by atoms with Crippen molar-refractivity contribution in [1.82, 2.24) is 10.3 Å². The molecule has 0 bridgehead atoms. The topological polar surface area (TPSA) is 77.3 Å². The average Bonchev–Trinajstić information content (AvgIpc) is 2.75. The van der Waals surface area contributed by atoms with Gasteiger partial charge < -0.3 is 10.1 Å². The summed E-state index contributed by atoms with van der Waals surface area (Å²) in [6.45, 7) is 1.71. The first-order valence-corrected chi connectivity index (χ1v) is 5.05. The van der Waals surface area contributed by atoms with E-state index in [1.54, 1.807) is 0 Å². The van der Waals surface area contributed by atoms with Gasteiger partial charge in [-0.05, 0) is 24.3 Å². The molecule has 1 aliphatic rings. The van der Waals surface area contributed by atoms with Crippen LogP contribution in [-0.2, 0) is 0 Å². The second kappa shape index (κ2) is 3.89. The van der Waals surface area contributed by atoms with Crippen molar-refractivity contribution in [2.24, 2.45) is 0 Å². The van der Waals surface area contributed by atoms with Crippen molar-refractivity contribution in [3.05, 3.63) is 16.3 Å². The lowest BCUT2D eigenvalue weighted by Gasteiger charge is -2.07. The van der Waals surface area contributed by atoms with Crippen LogP contribution < -0.4 is 10.1 Å². The highest BCUT2D eigenvalue weighted by atomic mass is 32.1. The molecule has 14 heavy (non-hydrogen) atoms. The summed E-state index contributed by atoms with van der Waals surface area (Å²) in [4.78, 5) is 13.7. The van der Waals surface area contributed by atoms with Gasteiger partial charge >= 0.3 is 5.00 Å². The summed E-state index contributed by atoms with van der Waals surface area (Å²) in [7, 11) is 0. The van der Waals surface area contributed by atoms with Gasteiger partial charge in [0.05, 0.1) is 4.92 Å². The summed E-state index contributed by atoms with van der Waals surface area (Å²) < 4.78 is 5.45. The lowest BCUT2D eigenvalue weighted by Crippen LogP contribution is -2.19. The Morgan fingerprint density at radius 3 is 3.21 bits per heavy atom. The molecule has 1 N–H and O–H groups in total. The third kappa shape index (κ3) is 1.99. The predicted octanol–water partition coefficient (Wildman–Crippen LogP) is 0.792. The van der Waals surface area contributed by atoms with E-state index in [1.165, 1.54) is 6.20 Å². The summed E-state index contributed by atoms with van der Waals surface area (Å²) in [5.74, 6) is 0. The minimum absolute atomic E-state index is 0.0194. The van der Waals surface area contributed by atoms with Crippen LogP contribution in [0.2, 0.25) is 0 Å². The summed E-state index contributed by atoms with van der Waals surface area (Å²) in [5.41, 5.74) is 0. The number of nitrogens with zero attached hydrogens (tertiary/aromatic N) is 2. The Morgan fingerprint density at radius 1 is 1.79 bits per heavy atom. The Balaban J connectivity index is 1.98. The maximum absolute atomic E-state index is 10.4. The molecule has 0 amide bonds. The SMILES string of the molecule is O=[N+]([O-])c1cnc(OC2CCNC2)s1. The maximum atomic E-state index is 10.4. The zero-order valence-corrected chi connectivity index (χ0v) is 8.12. The van der Waals surface area contributed by atoms with Gasteiger partial charge in [0.15, 0.2) is 0 Å². The lowest BCUT2D eigenvalue weighted by molar-refractivity contribution is -0.380. The number of thiazole rings is 1. The van der Waals surface area contributed by atoms with Crippen LogP contribution in [-0.4, -0.2) is 29.1 Å². The molecule has 0 aliphatic carbocycles. The highest BCUT2D eigenvalue weighted by molar-refractivity contribution is 7.16. The van der Waals surface area contributed by atoms with Gasteiger partial charge in [-0.15, -0.1) is 0 Å². The molecule has 7 heteroatoms. The molecule has 1 atom stereocenters. The molecular weight excluding hydrogens is 206 g/mol. The number of ether oxygens (including phenoxy) is 1. The molecular formula is C7H9N3O3S. The van der Waals surface area contributed by atoms with Crippen LogP contribution in [0.15, 0.2) is 6.20 Å². The molecule has 0 aromatic carbocycles. The van der Waals surface area contributed by atoms with Crippen molar-refractivity contribution >= 4 is 16.3 Å². The second-order valence-corrected chi connectivity index (χ2v) is 3.93. The fraction of sp³-hybridized carbons (Fsp3) is 0.571. The number of nitrogens with one attached hydrogen (secondary N) is 1. The number of hydrogen-bond donors (Lipinski definition) is 1. The average molecular weight is 215 g/mol. The van der Waals surface area contributed by atoms with E-state index in [0.717, 1.165) is 30.8 Å². The first-order valence-electron chi connectivity index (χ1n) is 4.23. The highest BCUT2D eigenvalue weighted by Gasteiger charge is 2.19. The van der Waals surface area contributed by atoms with Gasteiger partial charge in [-0.1, -0.05) is 0 Å². The molecule has 0 saturated carbocycles. The van der Waals surface area contributed by atoms with Gasteiger partial charge in [0.25, 0.3) is 5.19 Å². The van der Waals surface area contributed by atoms with Crippen molar-refractivity contribution in [3.63, 3.8) is 0 Å². The lowest BCUT2D eigenvalue weighted by atomic mass is 10.3. The van der Waals surface area contributed by atoms with E-state index in [1.807, 2.05) is 0 Å². The number of nitro groups is 1. The third-order valence-corrected chi connectivity index (χ3v) is 2.77. The monoisotopic (exact) mass is 215 g/mol. The minimum Gasteiger partial charge on any atom is -0.465 e. The van der Waals surface area contributed by atoms with Gasteiger partial charge in [0.2, 0.25) is 0 Å². The van der Waals surface area contributed by atoms with Crippen molar-refractivity contribution in [2.75, 3.05) is 13.1 Å². The van der Waals surface area contributed by atoms with Gasteiger partial charge in [0, 0.05) is 6.54 Å². The fourth-order valence-corrected chi connectivity index (χ4v) is 1.91. The summed E-state index contributed by atoms with van der Waals surface area (Å²) >= 11 is 0.968. The van der Waals surface area contributed by atoms with Crippen LogP contribution in [0.4, 0.5) is 5.00 Å². The molecule has 1 aromatic rings. The smallest absolute Gasteiger partial charge is 0.347 e. The van der Waals surface area contributed by atoms with E-state index in [9.17, 15) is 10.1 Å². The highest BCUT2D eigenvalue weighted by Crippen LogP contribution is 2.28. The van der Waals surface area contributed by atoms with E-state index in [-0.39, 0.29) is 11.1 Å². The summed E-state index contributed by atoms with van der Waals surface area (Å²) in [6.07, 6.45) is 2.25. The summed E-state index contributed by atoms with van der Waals surface area (Å²) in [6, 6.07) is 0. The molecule has 1 saturated heterocycles. The molecule has 6 nitrogen and oxygen atoms in total. The molecule has 1 fully saturated rings. The number of rotatable bonds is 3. The molecule has 1 unspecified atom stereocenters. The first-order chi connectivity index (χ1) is 6.75. The number of hydrogen-bond acceptors (Lipinski definition) is 6. The van der Waals surface area contributed by atoms with Crippen LogP contribution in [0.5, 0.6) is 5.19 Å². The largest absolute Gasteiger partial charge is 0.465 e.